The van der Waals surface area contributed by atoms with Gasteiger partial charge in [0.25, 0.3) is 0 Å². The average Bonchev–Trinajstić information content (AvgIpc) is 2.66. The molecule has 0 bridgehead atoms. The smallest absolute Gasteiger partial charge is 0.243 e. The number of carbonyl (C=O) groups excluding carboxylic acids is 1. The van der Waals surface area contributed by atoms with E-state index in [0.717, 1.165) is 31.4 Å². The highest BCUT2D eigenvalue weighted by Crippen LogP contribution is 2.20. The summed E-state index contributed by atoms with van der Waals surface area (Å²) in [5.41, 5.74) is 0. The highest BCUT2D eigenvalue weighted by Gasteiger charge is 2.30. The topological polar surface area (TPSA) is 57.7 Å². The summed E-state index contributed by atoms with van der Waals surface area (Å²) in [5, 5.41) is 0. The monoisotopic (exact) mass is 402 g/mol. The zero-order valence-electron chi connectivity index (χ0n) is 15.8. The number of rotatable bonds is 9. The molecule has 1 aliphatic rings. The molecule has 0 radical (unpaired) electrons. The molecule has 0 spiro atoms. The Bertz CT molecular complexity index is 732. The van der Waals surface area contributed by atoms with E-state index in [0.29, 0.717) is 25.6 Å². The summed E-state index contributed by atoms with van der Waals surface area (Å²) in [6.07, 6.45) is 7.14. The first-order valence-corrected chi connectivity index (χ1v) is 11.0. The van der Waals surface area contributed by atoms with E-state index in [-0.39, 0.29) is 23.9 Å². The van der Waals surface area contributed by atoms with Crippen LogP contribution in [-0.4, -0.2) is 49.7 Å². The standard InChI is InChI=1S/C19H28F2N2O3S/c1-2-3-4-5-6-7-8-19(24)22-11-13-23(14-12-22)27(25,26)16-9-10-17(20)18(21)15-16/h9-10,15H,2-8,11-14H2,1H3. The maximum Gasteiger partial charge on any atom is 0.243 e. The first kappa shape index (κ1) is 21.8. The van der Waals surface area contributed by atoms with Gasteiger partial charge >= 0.3 is 0 Å². The van der Waals surface area contributed by atoms with Crippen molar-refractivity contribution in [2.75, 3.05) is 26.2 Å². The summed E-state index contributed by atoms with van der Waals surface area (Å²) in [6, 6.07) is 2.56. The van der Waals surface area contributed by atoms with Crippen molar-refractivity contribution in [1.29, 1.82) is 0 Å². The predicted octanol–water partition coefficient (Wildman–Crippen LogP) is 3.55. The van der Waals surface area contributed by atoms with E-state index in [2.05, 4.69) is 6.92 Å². The van der Waals surface area contributed by atoms with Crippen LogP contribution in [0, 0.1) is 11.6 Å². The number of halogens is 2. The SMILES string of the molecule is CCCCCCCCC(=O)N1CCN(S(=O)(=O)c2ccc(F)c(F)c2)CC1. The van der Waals surface area contributed by atoms with Crippen molar-refractivity contribution in [3.63, 3.8) is 0 Å². The predicted molar refractivity (Wildman–Crippen MR) is 99.7 cm³/mol. The van der Waals surface area contributed by atoms with E-state index in [1.54, 1.807) is 4.90 Å². The first-order chi connectivity index (χ1) is 12.9. The lowest BCUT2D eigenvalue weighted by atomic mass is 10.1. The summed E-state index contributed by atoms with van der Waals surface area (Å²) in [7, 11) is -3.89. The van der Waals surface area contributed by atoms with Crippen LogP contribution < -0.4 is 0 Å². The highest BCUT2D eigenvalue weighted by atomic mass is 32.2. The Labute approximate surface area is 160 Å². The number of unbranched alkanes of at least 4 members (excludes halogenated alkanes) is 5. The van der Waals surface area contributed by atoms with Crippen LogP contribution in [0.5, 0.6) is 0 Å². The third-order valence-corrected chi connectivity index (χ3v) is 6.76. The molecule has 152 valence electrons. The third kappa shape index (κ3) is 5.97. The molecule has 1 amide bonds. The first-order valence-electron chi connectivity index (χ1n) is 9.59. The Morgan fingerprint density at radius 3 is 2.22 bits per heavy atom. The van der Waals surface area contributed by atoms with Crippen LogP contribution in [0.4, 0.5) is 8.78 Å². The fraction of sp³-hybridized carbons (Fsp3) is 0.632. The molecule has 1 aliphatic heterocycles. The number of carbonyl (C=O) groups is 1. The minimum Gasteiger partial charge on any atom is -0.340 e. The van der Waals surface area contributed by atoms with Crippen LogP contribution in [0.15, 0.2) is 23.1 Å². The number of piperazine rings is 1. The van der Waals surface area contributed by atoms with Gasteiger partial charge in [-0.15, -0.1) is 0 Å². The summed E-state index contributed by atoms with van der Waals surface area (Å²) in [4.78, 5) is 13.7. The van der Waals surface area contributed by atoms with Crippen molar-refractivity contribution in [2.45, 2.75) is 56.8 Å². The van der Waals surface area contributed by atoms with Gasteiger partial charge in [0.1, 0.15) is 0 Å². The van der Waals surface area contributed by atoms with E-state index in [9.17, 15) is 22.0 Å². The molecule has 27 heavy (non-hydrogen) atoms. The van der Waals surface area contributed by atoms with E-state index < -0.39 is 21.7 Å². The fourth-order valence-corrected chi connectivity index (χ4v) is 4.61. The average molecular weight is 403 g/mol. The van der Waals surface area contributed by atoms with Crippen molar-refractivity contribution in [3.8, 4) is 0 Å². The molecule has 1 aromatic rings. The molecule has 0 atom stereocenters. The Morgan fingerprint density at radius 2 is 1.59 bits per heavy atom. The highest BCUT2D eigenvalue weighted by molar-refractivity contribution is 7.89. The molecule has 0 unspecified atom stereocenters. The van der Waals surface area contributed by atoms with E-state index >= 15 is 0 Å². The van der Waals surface area contributed by atoms with E-state index in [4.69, 9.17) is 0 Å². The molecule has 2 rings (SSSR count). The van der Waals surface area contributed by atoms with Gasteiger partial charge in [-0.3, -0.25) is 4.79 Å². The summed E-state index contributed by atoms with van der Waals surface area (Å²) < 4.78 is 52.7. The number of nitrogens with zero attached hydrogens (tertiary/aromatic N) is 2. The maximum absolute atomic E-state index is 13.3. The minimum atomic E-state index is -3.89. The fourth-order valence-electron chi connectivity index (χ4n) is 3.18. The third-order valence-electron chi connectivity index (χ3n) is 4.86. The molecular formula is C19H28F2N2O3S. The quantitative estimate of drug-likeness (QED) is 0.594. The minimum absolute atomic E-state index is 0.0513. The van der Waals surface area contributed by atoms with Gasteiger partial charge in [-0.25, -0.2) is 17.2 Å². The van der Waals surface area contributed by atoms with Gasteiger partial charge in [0.05, 0.1) is 4.90 Å². The van der Waals surface area contributed by atoms with Gasteiger partial charge < -0.3 is 4.90 Å². The number of hydrogen-bond acceptors (Lipinski definition) is 3. The second-order valence-electron chi connectivity index (χ2n) is 6.88. The van der Waals surface area contributed by atoms with Crippen LogP contribution in [0.2, 0.25) is 0 Å². The largest absolute Gasteiger partial charge is 0.340 e. The van der Waals surface area contributed by atoms with E-state index in [1.165, 1.54) is 23.6 Å². The Balaban J connectivity index is 1.81. The van der Waals surface area contributed by atoms with Crippen LogP contribution in [0.25, 0.3) is 0 Å². The normalized spacial score (nSPS) is 15.9. The molecule has 0 aliphatic carbocycles. The number of benzene rings is 1. The van der Waals surface area contributed by atoms with Crippen molar-refractivity contribution in [3.05, 3.63) is 29.8 Å². The second-order valence-corrected chi connectivity index (χ2v) is 8.82. The number of hydrogen-bond donors (Lipinski definition) is 0. The summed E-state index contributed by atoms with van der Waals surface area (Å²) >= 11 is 0. The summed E-state index contributed by atoms with van der Waals surface area (Å²) in [6.45, 7) is 3.11. The Hall–Kier alpha value is -1.54. The lowest BCUT2D eigenvalue weighted by Gasteiger charge is -2.34. The Kier molecular flexibility index (Phi) is 8.16. The molecule has 0 aromatic heterocycles. The van der Waals surface area contributed by atoms with Gasteiger partial charge in [-0.05, 0) is 24.6 Å². The van der Waals surface area contributed by atoms with Crippen molar-refractivity contribution >= 4 is 15.9 Å². The van der Waals surface area contributed by atoms with Gasteiger partial charge in [-0.1, -0.05) is 39.0 Å². The summed E-state index contributed by atoms with van der Waals surface area (Å²) in [5.74, 6) is -2.22. The molecule has 1 aromatic carbocycles. The maximum atomic E-state index is 13.3. The van der Waals surface area contributed by atoms with Gasteiger partial charge in [0, 0.05) is 32.6 Å². The zero-order valence-corrected chi connectivity index (χ0v) is 16.6. The number of amides is 1. The molecule has 1 fully saturated rings. The van der Waals surface area contributed by atoms with Crippen molar-refractivity contribution < 1.29 is 22.0 Å². The van der Waals surface area contributed by atoms with Crippen LogP contribution in [-0.2, 0) is 14.8 Å². The molecule has 8 heteroatoms. The van der Waals surface area contributed by atoms with Crippen LogP contribution in [0.3, 0.4) is 0 Å². The molecule has 0 saturated carbocycles. The van der Waals surface area contributed by atoms with Crippen LogP contribution >= 0.6 is 0 Å². The van der Waals surface area contributed by atoms with Gasteiger partial charge in [0.15, 0.2) is 11.6 Å². The molecular weight excluding hydrogens is 374 g/mol. The second kappa shape index (κ2) is 10.1. The lowest BCUT2D eigenvalue weighted by molar-refractivity contribution is -0.132. The van der Waals surface area contributed by atoms with E-state index in [1.807, 2.05) is 0 Å². The van der Waals surface area contributed by atoms with Crippen LogP contribution in [0.1, 0.15) is 51.9 Å². The number of sulfonamides is 1. The van der Waals surface area contributed by atoms with Crippen molar-refractivity contribution in [2.24, 2.45) is 0 Å². The molecule has 1 saturated heterocycles. The van der Waals surface area contributed by atoms with Crippen molar-refractivity contribution in [1.82, 2.24) is 9.21 Å². The molecule has 5 nitrogen and oxygen atoms in total. The molecule has 1 heterocycles. The lowest BCUT2D eigenvalue weighted by Crippen LogP contribution is -2.50. The van der Waals surface area contributed by atoms with Gasteiger partial charge in [0.2, 0.25) is 15.9 Å². The zero-order chi connectivity index (χ0) is 19.9. The molecule has 0 N–H and O–H groups in total. The Morgan fingerprint density at radius 1 is 0.963 bits per heavy atom. The van der Waals surface area contributed by atoms with Gasteiger partial charge in [-0.2, -0.15) is 4.31 Å².